The van der Waals surface area contributed by atoms with Gasteiger partial charge in [0.25, 0.3) is 5.91 Å². The molecule has 0 bridgehead atoms. The number of likely N-dealkylation sites (tertiary alicyclic amines) is 1. The van der Waals surface area contributed by atoms with Crippen LogP contribution in [0.3, 0.4) is 0 Å². The highest BCUT2D eigenvalue weighted by molar-refractivity contribution is 5.99. The number of nitrogens with zero attached hydrogens (tertiary/aromatic N) is 3. The molecule has 1 saturated heterocycles. The number of nitrogens with one attached hydrogen (secondary N) is 1. The number of hydrogen-bond donors (Lipinski definition) is 1. The lowest BCUT2D eigenvalue weighted by molar-refractivity contribution is 0.0934. The maximum Gasteiger partial charge on any atom is 0.255 e. The molecule has 1 aliphatic rings. The van der Waals surface area contributed by atoms with Crippen LogP contribution in [0.25, 0.3) is 11.3 Å². The van der Waals surface area contributed by atoms with Crippen LogP contribution in [0.2, 0.25) is 0 Å². The minimum atomic E-state index is -0.155. The summed E-state index contributed by atoms with van der Waals surface area (Å²) in [7, 11) is 1.63. The Morgan fingerprint density at radius 2 is 1.91 bits per heavy atom. The van der Waals surface area contributed by atoms with E-state index in [1.165, 1.54) is 0 Å². The summed E-state index contributed by atoms with van der Waals surface area (Å²) in [4.78, 5) is 15.9. The molecule has 180 valence electrons. The zero-order valence-corrected chi connectivity index (χ0v) is 19.9. The van der Waals surface area contributed by atoms with E-state index in [1.54, 1.807) is 13.4 Å². The summed E-state index contributed by atoms with van der Waals surface area (Å²) >= 11 is 0. The van der Waals surface area contributed by atoms with Gasteiger partial charge in [0.15, 0.2) is 0 Å². The number of carbonyl (C=O) groups excluding carboxylic acids is 1. The molecule has 2 aromatic heterocycles. The number of amides is 1. The van der Waals surface area contributed by atoms with E-state index in [0.717, 1.165) is 48.6 Å². The number of benzene rings is 2. The van der Waals surface area contributed by atoms with Crippen molar-refractivity contribution in [1.29, 1.82) is 0 Å². The Labute approximate surface area is 205 Å². The van der Waals surface area contributed by atoms with Gasteiger partial charge < -0.3 is 14.5 Å². The second kappa shape index (κ2) is 10.6. The van der Waals surface area contributed by atoms with Crippen molar-refractivity contribution < 1.29 is 13.9 Å². The third-order valence-electron chi connectivity index (χ3n) is 6.45. The summed E-state index contributed by atoms with van der Waals surface area (Å²) in [6, 6.07) is 21.6. The molecule has 0 radical (unpaired) electrons. The van der Waals surface area contributed by atoms with Crippen LogP contribution in [0, 0.1) is 0 Å². The van der Waals surface area contributed by atoms with Gasteiger partial charge in [-0.05, 0) is 55.8 Å². The van der Waals surface area contributed by atoms with Gasteiger partial charge in [0.1, 0.15) is 17.2 Å². The predicted octanol–water partition coefficient (Wildman–Crippen LogP) is 4.77. The molecule has 1 fully saturated rings. The molecule has 3 heterocycles. The molecule has 35 heavy (non-hydrogen) atoms. The lowest BCUT2D eigenvalue weighted by Gasteiger charge is -2.26. The van der Waals surface area contributed by atoms with Crippen LogP contribution in [0.4, 0.5) is 0 Å². The summed E-state index contributed by atoms with van der Waals surface area (Å²) in [5, 5.41) is 7.95. The summed E-state index contributed by atoms with van der Waals surface area (Å²) < 4.78 is 12.9. The van der Waals surface area contributed by atoms with Gasteiger partial charge in [0, 0.05) is 18.3 Å². The van der Waals surface area contributed by atoms with Gasteiger partial charge in [0.05, 0.1) is 31.5 Å². The molecule has 1 aliphatic heterocycles. The van der Waals surface area contributed by atoms with E-state index in [9.17, 15) is 4.79 Å². The van der Waals surface area contributed by atoms with Crippen molar-refractivity contribution in [2.75, 3.05) is 26.7 Å². The van der Waals surface area contributed by atoms with Gasteiger partial charge in [-0.2, -0.15) is 5.10 Å². The molecule has 5 rings (SSSR count). The molecular formula is C28H30N4O3. The highest BCUT2D eigenvalue weighted by Gasteiger charge is 2.27. The fourth-order valence-electron chi connectivity index (χ4n) is 4.65. The van der Waals surface area contributed by atoms with E-state index in [0.29, 0.717) is 24.3 Å². The second-order valence-corrected chi connectivity index (χ2v) is 8.79. The normalized spacial score (nSPS) is 14.7. The van der Waals surface area contributed by atoms with Crippen LogP contribution in [-0.4, -0.2) is 47.3 Å². The molecule has 0 spiro atoms. The van der Waals surface area contributed by atoms with Gasteiger partial charge in [0.2, 0.25) is 0 Å². The zero-order valence-electron chi connectivity index (χ0n) is 19.9. The summed E-state index contributed by atoms with van der Waals surface area (Å²) in [5.41, 5.74) is 3.12. The van der Waals surface area contributed by atoms with Crippen LogP contribution < -0.4 is 10.1 Å². The number of rotatable bonds is 9. The topological polar surface area (TPSA) is 72.5 Å². The molecule has 0 saturated carbocycles. The van der Waals surface area contributed by atoms with Crippen LogP contribution in [-0.2, 0) is 6.54 Å². The van der Waals surface area contributed by atoms with E-state index in [2.05, 4.69) is 22.3 Å². The highest BCUT2D eigenvalue weighted by atomic mass is 16.5. The maximum atomic E-state index is 13.5. The van der Waals surface area contributed by atoms with Gasteiger partial charge in [-0.3, -0.25) is 14.4 Å². The largest absolute Gasteiger partial charge is 0.497 e. The Bertz CT molecular complexity index is 1240. The third-order valence-corrected chi connectivity index (χ3v) is 6.45. The van der Waals surface area contributed by atoms with Crippen molar-refractivity contribution in [2.24, 2.45) is 0 Å². The molecule has 1 atom stereocenters. The molecule has 1 N–H and O–H groups in total. The number of furan rings is 1. The van der Waals surface area contributed by atoms with Crippen molar-refractivity contribution in [1.82, 2.24) is 20.0 Å². The molecule has 4 aromatic rings. The molecular weight excluding hydrogens is 440 g/mol. The Morgan fingerprint density at radius 3 is 2.66 bits per heavy atom. The summed E-state index contributed by atoms with van der Waals surface area (Å²) in [6.45, 7) is 3.05. The quantitative estimate of drug-likeness (QED) is 0.382. The molecule has 1 amide bonds. The number of carbonyl (C=O) groups is 1. The average Bonchev–Trinajstić information content (AvgIpc) is 3.68. The van der Waals surface area contributed by atoms with E-state index in [1.807, 2.05) is 65.5 Å². The Morgan fingerprint density at radius 1 is 1.09 bits per heavy atom. The Balaban J connectivity index is 1.41. The number of hydrogen-bond acceptors (Lipinski definition) is 5. The second-order valence-electron chi connectivity index (χ2n) is 8.79. The first-order valence-corrected chi connectivity index (χ1v) is 12.0. The number of aromatic nitrogens is 2. The van der Waals surface area contributed by atoms with Crippen molar-refractivity contribution in [3.05, 3.63) is 96.1 Å². The van der Waals surface area contributed by atoms with E-state index >= 15 is 0 Å². The smallest absolute Gasteiger partial charge is 0.255 e. The molecule has 7 nitrogen and oxygen atoms in total. The monoisotopic (exact) mass is 470 g/mol. The summed E-state index contributed by atoms with van der Waals surface area (Å²) in [6.07, 6.45) is 5.85. The first-order chi connectivity index (χ1) is 17.2. The number of ether oxygens (including phenoxy) is 1. The van der Waals surface area contributed by atoms with Crippen LogP contribution in [0.5, 0.6) is 5.75 Å². The number of methoxy groups -OCH3 is 1. The lowest BCUT2D eigenvalue weighted by atomic mass is 10.1. The van der Waals surface area contributed by atoms with Crippen LogP contribution in [0.15, 0.2) is 83.6 Å². The highest BCUT2D eigenvalue weighted by Crippen LogP contribution is 2.28. The zero-order chi connectivity index (χ0) is 24.0. The molecule has 7 heteroatoms. The Hall–Kier alpha value is -3.84. The van der Waals surface area contributed by atoms with Gasteiger partial charge in [-0.15, -0.1) is 0 Å². The Kier molecular flexibility index (Phi) is 6.95. The third kappa shape index (κ3) is 5.30. The van der Waals surface area contributed by atoms with Crippen molar-refractivity contribution in [3.8, 4) is 17.0 Å². The van der Waals surface area contributed by atoms with Crippen molar-refractivity contribution in [2.45, 2.75) is 25.4 Å². The molecule has 0 aliphatic carbocycles. The standard InChI is InChI=1S/C28H30N4O3/c1-34-23-12-7-11-22(17-23)27-24(20-32(30-27)19-21-9-3-2-4-10-21)28(33)29-18-25(26-13-8-16-35-26)31-14-5-6-15-31/h2-4,7-13,16-17,20,25H,5-6,14-15,18-19H2,1H3,(H,29,33). The first-order valence-electron chi connectivity index (χ1n) is 12.0. The molecule has 2 aromatic carbocycles. The lowest BCUT2D eigenvalue weighted by Crippen LogP contribution is -2.36. The maximum absolute atomic E-state index is 13.5. The summed E-state index contributed by atoms with van der Waals surface area (Å²) in [5.74, 6) is 1.44. The molecule has 1 unspecified atom stereocenters. The SMILES string of the molecule is COc1cccc(-c2nn(Cc3ccccc3)cc2C(=O)NCC(c2ccco2)N2CCCC2)c1. The van der Waals surface area contributed by atoms with Crippen molar-refractivity contribution in [3.63, 3.8) is 0 Å². The fourth-order valence-corrected chi connectivity index (χ4v) is 4.65. The van der Waals surface area contributed by atoms with E-state index in [-0.39, 0.29) is 11.9 Å². The predicted molar refractivity (Wildman–Crippen MR) is 134 cm³/mol. The van der Waals surface area contributed by atoms with Gasteiger partial charge in [-0.25, -0.2) is 0 Å². The van der Waals surface area contributed by atoms with E-state index in [4.69, 9.17) is 14.3 Å². The minimum Gasteiger partial charge on any atom is -0.497 e. The average molecular weight is 471 g/mol. The fraction of sp³-hybridized carbons (Fsp3) is 0.286. The minimum absolute atomic E-state index is 0.0103. The first kappa shape index (κ1) is 22.9. The van der Waals surface area contributed by atoms with E-state index < -0.39 is 0 Å². The van der Waals surface area contributed by atoms with Gasteiger partial charge in [-0.1, -0.05) is 42.5 Å². The van der Waals surface area contributed by atoms with Crippen molar-refractivity contribution >= 4 is 5.91 Å². The van der Waals surface area contributed by atoms with Crippen LogP contribution >= 0.6 is 0 Å². The van der Waals surface area contributed by atoms with Gasteiger partial charge >= 0.3 is 0 Å². The van der Waals surface area contributed by atoms with Crippen LogP contribution in [0.1, 0.15) is 40.6 Å².